The van der Waals surface area contributed by atoms with Gasteiger partial charge in [0, 0.05) is 30.9 Å². The molecule has 0 aliphatic rings. The smallest absolute Gasteiger partial charge is 0.251 e. The Kier molecular flexibility index (Phi) is 4.41. The first kappa shape index (κ1) is 13.4. The van der Waals surface area contributed by atoms with Crippen LogP contribution in [0.3, 0.4) is 0 Å². The summed E-state index contributed by atoms with van der Waals surface area (Å²) in [5.41, 5.74) is 6.57. The Labute approximate surface area is 116 Å². The third-order valence-electron chi connectivity index (χ3n) is 2.69. The molecule has 1 aromatic carbocycles. The SMILES string of the molecule is Nc1cc(C(=O)NCCCc2ncc[nH]2)ccc1Cl. The fraction of sp³-hybridized carbons (Fsp3) is 0.231. The highest BCUT2D eigenvalue weighted by Gasteiger charge is 2.06. The maximum absolute atomic E-state index is 11.8. The van der Waals surface area contributed by atoms with Crippen LogP contribution in [0.2, 0.25) is 5.02 Å². The third kappa shape index (κ3) is 3.72. The summed E-state index contributed by atoms with van der Waals surface area (Å²) in [6.45, 7) is 0.585. The zero-order chi connectivity index (χ0) is 13.7. The number of imidazole rings is 1. The lowest BCUT2D eigenvalue weighted by Gasteiger charge is -2.06. The van der Waals surface area contributed by atoms with E-state index in [-0.39, 0.29) is 5.91 Å². The van der Waals surface area contributed by atoms with Crippen LogP contribution < -0.4 is 11.1 Å². The van der Waals surface area contributed by atoms with Crippen molar-refractivity contribution in [2.45, 2.75) is 12.8 Å². The first-order chi connectivity index (χ1) is 9.16. The molecule has 0 aliphatic carbocycles. The fourth-order valence-electron chi connectivity index (χ4n) is 1.68. The number of aryl methyl sites for hydroxylation is 1. The maximum Gasteiger partial charge on any atom is 0.251 e. The quantitative estimate of drug-likeness (QED) is 0.578. The lowest BCUT2D eigenvalue weighted by atomic mass is 10.2. The molecular formula is C13H15ClN4O. The second kappa shape index (κ2) is 6.24. The molecule has 0 spiro atoms. The molecule has 1 amide bonds. The van der Waals surface area contributed by atoms with Crippen molar-refractivity contribution < 1.29 is 4.79 Å². The summed E-state index contributed by atoms with van der Waals surface area (Å²) in [6.07, 6.45) is 5.12. The van der Waals surface area contributed by atoms with Crippen LogP contribution in [-0.2, 0) is 6.42 Å². The monoisotopic (exact) mass is 278 g/mol. The van der Waals surface area contributed by atoms with E-state index in [2.05, 4.69) is 15.3 Å². The number of carbonyl (C=O) groups is 1. The first-order valence-corrected chi connectivity index (χ1v) is 6.36. The van der Waals surface area contributed by atoms with Gasteiger partial charge in [-0.1, -0.05) is 11.6 Å². The minimum atomic E-state index is -0.150. The Morgan fingerprint density at radius 3 is 3.00 bits per heavy atom. The average Bonchev–Trinajstić information content (AvgIpc) is 2.91. The van der Waals surface area contributed by atoms with Gasteiger partial charge in [0.15, 0.2) is 0 Å². The topological polar surface area (TPSA) is 83.8 Å². The zero-order valence-corrected chi connectivity index (χ0v) is 11.1. The van der Waals surface area contributed by atoms with Gasteiger partial charge in [0.05, 0.1) is 10.7 Å². The number of nitrogen functional groups attached to an aromatic ring is 1. The molecule has 0 radical (unpaired) electrons. The molecule has 0 saturated heterocycles. The van der Waals surface area contributed by atoms with E-state index in [0.29, 0.717) is 22.8 Å². The highest BCUT2D eigenvalue weighted by molar-refractivity contribution is 6.33. The number of aromatic nitrogens is 2. The van der Waals surface area contributed by atoms with E-state index in [1.54, 1.807) is 30.6 Å². The Morgan fingerprint density at radius 1 is 1.47 bits per heavy atom. The number of anilines is 1. The van der Waals surface area contributed by atoms with Gasteiger partial charge < -0.3 is 16.0 Å². The van der Waals surface area contributed by atoms with Crippen LogP contribution in [0.4, 0.5) is 5.69 Å². The standard InChI is InChI=1S/C13H15ClN4O/c14-10-4-3-9(8-11(10)15)13(19)18-5-1-2-12-16-6-7-17-12/h3-4,6-8H,1-2,5,15H2,(H,16,17)(H,18,19). The largest absolute Gasteiger partial charge is 0.398 e. The highest BCUT2D eigenvalue weighted by atomic mass is 35.5. The molecule has 0 atom stereocenters. The summed E-state index contributed by atoms with van der Waals surface area (Å²) >= 11 is 5.80. The van der Waals surface area contributed by atoms with E-state index in [1.807, 2.05) is 0 Å². The van der Waals surface area contributed by atoms with Crippen molar-refractivity contribution in [3.8, 4) is 0 Å². The van der Waals surface area contributed by atoms with Gasteiger partial charge in [-0.15, -0.1) is 0 Å². The van der Waals surface area contributed by atoms with Gasteiger partial charge in [-0.05, 0) is 24.6 Å². The fourth-order valence-corrected chi connectivity index (χ4v) is 1.80. The van der Waals surface area contributed by atoms with Gasteiger partial charge in [-0.25, -0.2) is 4.98 Å². The molecule has 2 rings (SSSR count). The van der Waals surface area contributed by atoms with Crippen LogP contribution in [0.25, 0.3) is 0 Å². The molecule has 100 valence electrons. The lowest BCUT2D eigenvalue weighted by molar-refractivity contribution is 0.0953. The second-order valence-corrected chi connectivity index (χ2v) is 4.54. The van der Waals surface area contributed by atoms with E-state index in [1.165, 1.54) is 0 Å². The molecule has 0 aliphatic heterocycles. The van der Waals surface area contributed by atoms with E-state index >= 15 is 0 Å². The second-order valence-electron chi connectivity index (χ2n) is 4.13. The molecule has 2 aromatic rings. The molecule has 19 heavy (non-hydrogen) atoms. The van der Waals surface area contributed by atoms with Crippen molar-refractivity contribution in [1.29, 1.82) is 0 Å². The Morgan fingerprint density at radius 2 is 2.32 bits per heavy atom. The molecule has 1 aromatic heterocycles. The van der Waals surface area contributed by atoms with E-state index in [0.717, 1.165) is 18.7 Å². The summed E-state index contributed by atoms with van der Waals surface area (Å²) in [4.78, 5) is 19.0. The first-order valence-electron chi connectivity index (χ1n) is 5.98. The summed E-state index contributed by atoms with van der Waals surface area (Å²) in [5.74, 6) is 0.771. The number of halogens is 1. The summed E-state index contributed by atoms with van der Waals surface area (Å²) in [6, 6.07) is 4.85. The predicted molar refractivity (Wildman–Crippen MR) is 75.1 cm³/mol. The van der Waals surface area contributed by atoms with E-state index in [9.17, 15) is 4.79 Å². The molecule has 4 N–H and O–H groups in total. The molecule has 6 heteroatoms. The minimum absolute atomic E-state index is 0.150. The summed E-state index contributed by atoms with van der Waals surface area (Å²) < 4.78 is 0. The van der Waals surface area contributed by atoms with Crippen molar-refractivity contribution in [3.05, 3.63) is 47.0 Å². The van der Waals surface area contributed by atoms with Crippen LogP contribution in [0, 0.1) is 0 Å². The maximum atomic E-state index is 11.8. The Hall–Kier alpha value is -2.01. The van der Waals surface area contributed by atoms with Gasteiger partial charge in [-0.2, -0.15) is 0 Å². The van der Waals surface area contributed by atoms with Crippen molar-refractivity contribution in [2.24, 2.45) is 0 Å². The van der Waals surface area contributed by atoms with Gasteiger partial charge in [0.2, 0.25) is 0 Å². The number of H-pyrrole nitrogens is 1. The van der Waals surface area contributed by atoms with Gasteiger partial charge >= 0.3 is 0 Å². The molecule has 0 fully saturated rings. The number of nitrogens with one attached hydrogen (secondary N) is 2. The number of carbonyl (C=O) groups excluding carboxylic acids is 1. The minimum Gasteiger partial charge on any atom is -0.398 e. The molecule has 1 heterocycles. The number of nitrogens with zero attached hydrogens (tertiary/aromatic N) is 1. The van der Waals surface area contributed by atoms with Crippen LogP contribution in [0.1, 0.15) is 22.6 Å². The molecule has 0 bridgehead atoms. The van der Waals surface area contributed by atoms with Gasteiger partial charge in [0.25, 0.3) is 5.91 Å². The van der Waals surface area contributed by atoms with E-state index in [4.69, 9.17) is 17.3 Å². The third-order valence-corrected chi connectivity index (χ3v) is 3.03. The molecular weight excluding hydrogens is 264 g/mol. The number of benzene rings is 1. The van der Waals surface area contributed by atoms with Crippen molar-refractivity contribution >= 4 is 23.2 Å². The van der Waals surface area contributed by atoms with E-state index < -0.39 is 0 Å². The van der Waals surface area contributed by atoms with Crippen LogP contribution in [0.5, 0.6) is 0 Å². The number of nitrogens with two attached hydrogens (primary N) is 1. The predicted octanol–water partition coefficient (Wildman–Crippen LogP) is 2.01. The number of amides is 1. The zero-order valence-electron chi connectivity index (χ0n) is 10.3. The normalized spacial score (nSPS) is 10.4. The number of rotatable bonds is 5. The van der Waals surface area contributed by atoms with Crippen LogP contribution in [0.15, 0.2) is 30.6 Å². The molecule has 0 unspecified atom stereocenters. The average molecular weight is 279 g/mol. The lowest BCUT2D eigenvalue weighted by Crippen LogP contribution is -2.24. The van der Waals surface area contributed by atoms with Gasteiger partial charge in [0.1, 0.15) is 5.82 Å². The van der Waals surface area contributed by atoms with Crippen LogP contribution >= 0.6 is 11.6 Å². The number of hydrogen-bond acceptors (Lipinski definition) is 3. The van der Waals surface area contributed by atoms with Crippen LogP contribution in [-0.4, -0.2) is 22.4 Å². The van der Waals surface area contributed by atoms with Crippen molar-refractivity contribution in [3.63, 3.8) is 0 Å². The summed E-state index contributed by atoms with van der Waals surface area (Å²) in [7, 11) is 0. The molecule has 0 saturated carbocycles. The Bertz CT molecular complexity index is 554. The Balaban J connectivity index is 1.79. The number of hydrogen-bond donors (Lipinski definition) is 3. The number of aromatic amines is 1. The van der Waals surface area contributed by atoms with Crippen molar-refractivity contribution in [2.75, 3.05) is 12.3 Å². The highest BCUT2D eigenvalue weighted by Crippen LogP contribution is 2.19. The van der Waals surface area contributed by atoms with Crippen molar-refractivity contribution in [1.82, 2.24) is 15.3 Å². The molecule has 5 nitrogen and oxygen atoms in total. The van der Waals surface area contributed by atoms with Gasteiger partial charge in [-0.3, -0.25) is 4.79 Å². The summed E-state index contributed by atoms with van der Waals surface area (Å²) in [5, 5.41) is 3.28.